The molecule has 0 aromatic carbocycles. The predicted octanol–water partition coefficient (Wildman–Crippen LogP) is 1.20. The van der Waals surface area contributed by atoms with Gasteiger partial charge in [-0.2, -0.15) is 0 Å². The van der Waals surface area contributed by atoms with Crippen LogP contribution in [0.15, 0.2) is 36.7 Å². The number of aromatic nitrogens is 3. The Morgan fingerprint density at radius 1 is 1.06 bits per heavy atom. The van der Waals surface area contributed by atoms with Crippen LogP contribution < -0.4 is 10.6 Å². The van der Waals surface area contributed by atoms with Crippen molar-refractivity contribution >= 4 is 5.82 Å². The van der Waals surface area contributed by atoms with Crippen molar-refractivity contribution in [2.45, 2.75) is 13.1 Å². The van der Waals surface area contributed by atoms with E-state index in [4.69, 9.17) is 0 Å². The van der Waals surface area contributed by atoms with E-state index in [0.717, 1.165) is 17.3 Å². The first-order valence-electron chi connectivity index (χ1n) is 5.49. The lowest BCUT2D eigenvalue weighted by Crippen LogP contribution is -2.10. The Morgan fingerprint density at radius 2 is 2.00 bits per heavy atom. The molecule has 17 heavy (non-hydrogen) atoms. The molecule has 0 bridgehead atoms. The summed E-state index contributed by atoms with van der Waals surface area (Å²) in [5, 5.41) is 6.24. The maximum absolute atomic E-state index is 4.37. The minimum absolute atomic E-state index is 0.664. The zero-order valence-electron chi connectivity index (χ0n) is 9.72. The van der Waals surface area contributed by atoms with Gasteiger partial charge in [0.05, 0.1) is 18.8 Å². The summed E-state index contributed by atoms with van der Waals surface area (Å²) >= 11 is 0. The summed E-state index contributed by atoms with van der Waals surface area (Å²) in [6, 6.07) is 7.69. The molecule has 0 atom stereocenters. The zero-order valence-corrected chi connectivity index (χ0v) is 9.72. The van der Waals surface area contributed by atoms with Crippen LogP contribution in [0.3, 0.4) is 0 Å². The van der Waals surface area contributed by atoms with Crippen molar-refractivity contribution in [1.29, 1.82) is 0 Å². The van der Waals surface area contributed by atoms with Crippen LogP contribution in [-0.2, 0) is 13.1 Å². The molecule has 88 valence electrons. The number of hydrogen-bond acceptors (Lipinski definition) is 5. The van der Waals surface area contributed by atoms with Crippen LogP contribution in [0.5, 0.6) is 0 Å². The Balaban J connectivity index is 1.97. The molecule has 2 heterocycles. The summed E-state index contributed by atoms with van der Waals surface area (Å²) < 4.78 is 0. The number of hydrogen-bond donors (Lipinski definition) is 2. The van der Waals surface area contributed by atoms with Crippen molar-refractivity contribution < 1.29 is 0 Å². The molecule has 0 aliphatic heterocycles. The molecule has 0 radical (unpaired) electrons. The second-order valence-corrected chi connectivity index (χ2v) is 3.56. The number of rotatable bonds is 5. The lowest BCUT2D eigenvalue weighted by Gasteiger charge is -2.06. The second-order valence-electron chi connectivity index (χ2n) is 3.56. The fourth-order valence-electron chi connectivity index (χ4n) is 1.42. The van der Waals surface area contributed by atoms with Gasteiger partial charge >= 0.3 is 0 Å². The van der Waals surface area contributed by atoms with Crippen LogP contribution in [0.4, 0.5) is 5.82 Å². The number of nitrogens with zero attached hydrogens (tertiary/aromatic N) is 3. The molecule has 0 saturated carbocycles. The van der Waals surface area contributed by atoms with E-state index in [1.807, 2.05) is 31.3 Å². The molecular formula is C12H15N5. The van der Waals surface area contributed by atoms with Crippen LogP contribution in [0, 0.1) is 0 Å². The highest BCUT2D eigenvalue weighted by atomic mass is 15.0. The maximum Gasteiger partial charge on any atom is 0.144 e. The zero-order chi connectivity index (χ0) is 11.9. The highest BCUT2D eigenvalue weighted by Gasteiger charge is 1.98. The molecule has 5 nitrogen and oxygen atoms in total. The molecular weight excluding hydrogens is 214 g/mol. The maximum atomic E-state index is 4.37. The third-order valence-electron chi connectivity index (χ3n) is 2.22. The van der Waals surface area contributed by atoms with Gasteiger partial charge in [-0.25, -0.2) is 9.97 Å². The minimum atomic E-state index is 0.664. The quantitative estimate of drug-likeness (QED) is 0.806. The first-order valence-corrected chi connectivity index (χ1v) is 5.49. The van der Waals surface area contributed by atoms with Crippen molar-refractivity contribution in [2.24, 2.45) is 0 Å². The van der Waals surface area contributed by atoms with Gasteiger partial charge in [0.25, 0.3) is 0 Å². The molecule has 2 N–H and O–H groups in total. The number of nitrogens with one attached hydrogen (secondary N) is 2. The Kier molecular flexibility index (Phi) is 3.99. The van der Waals surface area contributed by atoms with Crippen LogP contribution >= 0.6 is 0 Å². The predicted molar refractivity (Wildman–Crippen MR) is 66.4 cm³/mol. The standard InChI is InChI=1S/C12H15N5/c1-13-9-12-15-7-5-11(17-12)16-8-10-4-2-3-6-14-10/h2-7,13H,8-9H2,1H3,(H,15,16,17). The highest BCUT2D eigenvalue weighted by molar-refractivity contribution is 5.33. The molecule has 2 aromatic rings. The van der Waals surface area contributed by atoms with Gasteiger partial charge in [-0.1, -0.05) is 6.07 Å². The van der Waals surface area contributed by atoms with E-state index in [0.29, 0.717) is 13.1 Å². The Hall–Kier alpha value is -2.01. The Morgan fingerprint density at radius 3 is 2.76 bits per heavy atom. The first kappa shape index (κ1) is 11.5. The smallest absolute Gasteiger partial charge is 0.144 e. The molecule has 0 saturated heterocycles. The Bertz CT molecular complexity index is 457. The van der Waals surface area contributed by atoms with Crippen LogP contribution in [0.25, 0.3) is 0 Å². The molecule has 2 rings (SSSR count). The van der Waals surface area contributed by atoms with E-state index in [1.54, 1.807) is 12.4 Å². The third-order valence-corrected chi connectivity index (χ3v) is 2.22. The van der Waals surface area contributed by atoms with Crippen LogP contribution in [-0.4, -0.2) is 22.0 Å². The van der Waals surface area contributed by atoms with Crippen molar-refractivity contribution in [3.8, 4) is 0 Å². The molecule has 0 fully saturated rings. The average molecular weight is 229 g/mol. The van der Waals surface area contributed by atoms with Gasteiger partial charge in [-0.15, -0.1) is 0 Å². The van der Waals surface area contributed by atoms with Gasteiger partial charge in [0.2, 0.25) is 0 Å². The van der Waals surface area contributed by atoms with Gasteiger partial charge in [0, 0.05) is 12.4 Å². The topological polar surface area (TPSA) is 62.7 Å². The average Bonchev–Trinajstić information content (AvgIpc) is 2.39. The Labute approximate surface area is 100 Å². The fourth-order valence-corrected chi connectivity index (χ4v) is 1.42. The van der Waals surface area contributed by atoms with E-state index < -0.39 is 0 Å². The van der Waals surface area contributed by atoms with E-state index in [1.165, 1.54) is 0 Å². The van der Waals surface area contributed by atoms with Gasteiger partial charge in [-0.05, 0) is 25.2 Å². The first-order chi connectivity index (χ1) is 8.38. The highest BCUT2D eigenvalue weighted by Crippen LogP contribution is 2.04. The summed E-state index contributed by atoms with van der Waals surface area (Å²) in [5.74, 6) is 1.59. The van der Waals surface area contributed by atoms with Gasteiger partial charge in [0.1, 0.15) is 11.6 Å². The number of anilines is 1. The lowest BCUT2D eigenvalue weighted by molar-refractivity contribution is 0.758. The second kappa shape index (κ2) is 5.91. The molecule has 0 aliphatic rings. The minimum Gasteiger partial charge on any atom is -0.364 e. The monoisotopic (exact) mass is 229 g/mol. The van der Waals surface area contributed by atoms with Crippen molar-refractivity contribution in [3.63, 3.8) is 0 Å². The van der Waals surface area contributed by atoms with Crippen LogP contribution in [0.1, 0.15) is 11.5 Å². The largest absolute Gasteiger partial charge is 0.364 e. The summed E-state index contributed by atoms with van der Waals surface area (Å²) in [4.78, 5) is 12.8. The van der Waals surface area contributed by atoms with Gasteiger partial charge in [0.15, 0.2) is 0 Å². The fraction of sp³-hybridized carbons (Fsp3) is 0.250. The van der Waals surface area contributed by atoms with E-state index >= 15 is 0 Å². The third kappa shape index (κ3) is 3.49. The summed E-state index contributed by atoms with van der Waals surface area (Å²) in [7, 11) is 1.87. The molecule has 0 unspecified atom stereocenters. The summed E-state index contributed by atoms with van der Waals surface area (Å²) in [6.45, 7) is 1.33. The summed E-state index contributed by atoms with van der Waals surface area (Å²) in [5.41, 5.74) is 0.987. The van der Waals surface area contributed by atoms with E-state index in [9.17, 15) is 0 Å². The lowest BCUT2D eigenvalue weighted by atomic mass is 10.3. The summed E-state index contributed by atoms with van der Waals surface area (Å²) in [6.07, 6.45) is 3.53. The molecule has 0 amide bonds. The van der Waals surface area contributed by atoms with Crippen molar-refractivity contribution in [3.05, 3.63) is 48.2 Å². The molecule has 5 heteroatoms. The van der Waals surface area contributed by atoms with Gasteiger partial charge < -0.3 is 10.6 Å². The molecule has 0 spiro atoms. The normalized spacial score (nSPS) is 10.2. The number of pyridine rings is 1. The van der Waals surface area contributed by atoms with Gasteiger partial charge in [-0.3, -0.25) is 4.98 Å². The van der Waals surface area contributed by atoms with E-state index in [-0.39, 0.29) is 0 Å². The van der Waals surface area contributed by atoms with Crippen molar-refractivity contribution in [2.75, 3.05) is 12.4 Å². The SMILES string of the molecule is CNCc1nccc(NCc2ccccn2)n1. The van der Waals surface area contributed by atoms with Crippen LogP contribution in [0.2, 0.25) is 0 Å². The molecule has 2 aromatic heterocycles. The van der Waals surface area contributed by atoms with Crippen molar-refractivity contribution in [1.82, 2.24) is 20.3 Å². The molecule has 0 aliphatic carbocycles. The van der Waals surface area contributed by atoms with E-state index in [2.05, 4.69) is 25.6 Å².